The Morgan fingerprint density at radius 2 is 2.00 bits per heavy atom. The average Bonchev–Trinajstić information content (AvgIpc) is 2.43. The molecule has 0 saturated carbocycles. The molecular weight excluding hydrogens is 259 g/mol. The highest BCUT2D eigenvalue weighted by atomic mass is 35.7. The summed E-state index contributed by atoms with van der Waals surface area (Å²) in [4.78, 5) is 0. The van der Waals surface area contributed by atoms with E-state index in [0.29, 0.717) is 21.6 Å². The first-order valence-corrected chi connectivity index (χ1v) is 6.71. The van der Waals surface area contributed by atoms with Crippen LogP contribution >= 0.6 is 22.3 Å². The number of aryl methyl sites for hydroxylation is 1. The van der Waals surface area contributed by atoms with Crippen molar-refractivity contribution < 1.29 is 12.8 Å². The molecule has 1 aromatic carbocycles. The molecule has 15 heavy (non-hydrogen) atoms. The van der Waals surface area contributed by atoms with Crippen LogP contribution in [0.4, 0.5) is 0 Å². The number of fused-ring (bicyclic) bond motifs is 1. The molecule has 0 spiro atoms. The zero-order chi connectivity index (χ0) is 11.2. The van der Waals surface area contributed by atoms with Crippen molar-refractivity contribution in [2.75, 3.05) is 0 Å². The minimum atomic E-state index is -3.85. The Morgan fingerprint density at radius 1 is 1.33 bits per heavy atom. The van der Waals surface area contributed by atoms with E-state index >= 15 is 0 Å². The van der Waals surface area contributed by atoms with Crippen molar-refractivity contribution in [1.29, 1.82) is 0 Å². The van der Waals surface area contributed by atoms with Gasteiger partial charge in [-0.1, -0.05) is 11.6 Å². The molecule has 0 amide bonds. The molecule has 0 radical (unpaired) electrons. The van der Waals surface area contributed by atoms with Gasteiger partial charge in [0.1, 0.15) is 5.58 Å². The zero-order valence-electron chi connectivity index (χ0n) is 7.62. The van der Waals surface area contributed by atoms with E-state index in [1.165, 1.54) is 0 Å². The largest absolute Gasteiger partial charge is 0.443 e. The summed E-state index contributed by atoms with van der Waals surface area (Å²) in [5, 5.41) is 0.952. The van der Waals surface area contributed by atoms with Crippen LogP contribution in [0.2, 0.25) is 5.02 Å². The van der Waals surface area contributed by atoms with Crippen molar-refractivity contribution in [1.82, 2.24) is 0 Å². The van der Waals surface area contributed by atoms with Crippen LogP contribution in [-0.2, 0) is 9.05 Å². The summed E-state index contributed by atoms with van der Waals surface area (Å²) in [7, 11) is 1.37. The lowest BCUT2D eigenvalue weighted by atomic mass is 10.2. The Balaban J connectivity index is 2.87. The van der Waals surface area contributed by atoms with Gasteiger partial charge in [-0.2, -0.15) is 0 Å². The Hall–Kier alpha value is -0.710. The van der Waals surface area contributed by atoms with Crippen LogP contribution in [0.25, 0.3) is 11.0 Å². The van der Waals surface area contributed by atoms with Crippen molar-refractivity contribution in [3.63, 3.8) is 0 Å². The summed E-state index contributed by atoms with van der Waals surface area (Å²) in [6.07, 6.45) is 0. The number of halogens is 2. The molecule has 0 unspecified atom stereocenters. The smallest absolute Gasteiger partial charge is 0.294 e. The van der Waals surface area contributed by atoms with Crippen molar-refractivity contribution in [2.45, 2.75) is 12.0 Å². The topological polar surface area (TPSA) is 47.3 Å². The van der Waals surface area contributed by atoms with Gasteiger partial charge < -0.3 is 4.42 Å². The van der Waals surface area contributed by atoms with E-state index in [1.54, 1.807) is 25.1 Å². The lowest BCUT2D eigenvalue weighted by molar-refractivity contribution is 0.484. The van der Waals surface area contributed by atoms with E-state index in [4.69, 9.17) is 26.7 Å². The Bertz CT molecular complexity index is 628. The third-order valence-electron chi connectivity index (χ3n) is 2.08. The van der Waals surface area contributed by atoms with Crippen molar-refractivity contribution in [3.05, 3.63) is 28.8 Å². The highest BCUT2D eigenvalue weighted by molar-refractivity contribution is 8.13. The summed E-state index contributed by atoms with van der Waals surface area (Å²) < 4.78 is 27.4. The predicted octanol–water partition coefficient (Wildman–Crippen LogP) is 3.32. The fourth-order valence-electron chi connectivity index (χ4n) is 1.40. The van der Waals surface area contributed by atoms with Crippen molar-refractivity contribution >= 4 is 42.3 Å². The lowest BCUT2D eigenvalue weighted by Crippen LogP contribution is -1.89. The van der Waals surface area contributed by atoms with Gasteiger partial charge in [0.05, 0.1) is 0 Å². The number of hydrogen-bond acceptors (Lipinski definition) is 3. The van der Waals surface area contributed by atoms with Crippen LogP contribution in [-0.4, -0.2) is 8.42 Å². The van der Waals surface area contributed by atoms with Gasteiger partial charge in [0.2, 0.25) is 5.09 Å². The van der Waals surface area contributed by atoms with Gasteiger partial charge in [0.25, 0.3) is 9.05 Å². The van der Waals surface area contributed by atoms with E-state index in [-0.39, 0.29) is 5.09 Å². The van der Waals surface area contributed by atoms with Crippen LogP contribution in [0, 0.1) is 6.92 Å². The average molecular weight is 265 g/mol. The molecule has 1 heterocycles. The fourth-order valence-corrected chi connectivity index (χ4v) is 2.68. The van der Waals surface area contributed by atoms with Crippen LogP contribution < -0.4 is 0 Å². The number of rotatable bonds is 1. The molecule has 0 atom stereocenters. The molecule has 1 aromatic heterocycles. The molecule has 80 valence electrons. The Morgan fingerprint density at radius 3 is 2.60 bits per heavy atom. The van der Waals surface area contributed by atoms with E-state index in [2.05, 4.69) is 0 Å². The molecule has 3 nitrogen and oxygen atoms in total. The third-order valence-corrected chi connectivity index (χ3v) is 3.56. The van der Waals surface area contributed by atoms with Gasteiger partial charge >= 0.3 is 0 Å². The molecular formula is C9H6Cl2O3S. The second-order valence-corrected chi connectivity index (χ2v) is 5.99. The van der Waals surface area contributed by atoms with Gasteiger partial charge in [0, 0.05) is 26.7 Å². The molecule has 6 heteroatoms. The van der Waals surface area contributed by atoms with Crippen molar-refractivity contribution in [2.24, 2.45) is 0 Å². The number of benzene rings is 1. The van der Waals surface area contributed by atoms with Crippen LogP contribution in [0.1, 0.15) is 5.56 Å². The van der Waals surface area contributed by atoms with E-state index < -0.39 is 9.05 Å². The molecule has 2 rings (SSSR count). The summed E-state index contributed by atoms with van der Waals surface area (Å²) in [6, 6.07) is 4.87. The number of hydrogen-bond donors (Lipinski definition) is 0. The van der Waals surface area contributed by atoms with E-state index in [0.717, 1.165) is 0 Å². The quantitative estimate of drug-likeness (QED) is 0.743. The third kappa shape index (κ3) is 1.85. The first-order chi connectivity index (χ1) is 6.89. The zero-order valence-corrected chi connectivity index (χ0v) is 9.95. The highest BCUT2D eigenvalue weighted by Crippen LogP contribution is 2.31. The van der Waals surface area contributed by atoms with Crippen LogP contribution in [0.15, 0.2) is 27.7 Å². The second kappa shape index (κ2) is 3.40. The Kier molecular flexibility index (Phi) is 2.45. The van der Waals surface area contributed by atoms with Crippen LogP contribution in [0.5, 0.6) is 0 Å². The maximum absolute atomic E-state index is 11.1. The molecule has 0 aliphatic heterocycles. The van der Waals surface area contributed by atoms with Crippen molar-refractivity contribution in [3.8, 4) is 0 Å². The minimum absolute atomic E-state index is 0.221. The van der Waals surface area contributed by atoms with Crippen LogP contribution in [0.3, 0.4) is 0 Å². The molecule has 0 N–H and O–H groups in total. The van der Waals surface area contributed by atoms with E-state index in [1.807, 2.05) is 0 Å². The van der Waals surface area contributed by atoms with Gasteiger partial charge in [-0.25, -0.2) is 8.42 Å². The summed E-state index contributed by atoms with van der Waals surface area (Å²) in [6.45, 7) is 1.62. The second-order valence-electron chi connectivity index (χ2n) is 3.09. The van der Waals surface area contributed by atoms with Gasteiger partial charge in [-0.15, -0.1) is 0 Å². The fraction of sp³-hybridized carbons (Fsp3) is 0.111. The normalized spacial score (nSPS) is 12.2. The summed E-state index contributed by atoms with van der Waals surface area (Å²) in [5.41, 5.74) is 0.929. The van der Waals surface area contributed by atoms with Gasteiger partial charge in [0.15, 0.2) is 0 Å². The highest BCUT2D eigenvalue weighted by Gasteiger charge is 2.21. The first kappa shape index (κ1) is 10.8. The van der Waals surface area contributed by atoms with E-state index in [9.17, 15) is 8.42 Å². The van der Waals surface area contributed by atoms with Gasteiger partial charge in [-0.3, -0.25) is 0 Å². The number of furan rings is 1. The molecule has 2 aromatic rings. The maximum Gasteiger partial charge on any atom is 0.294 e. The molecule has 0 fully saturated rings. The standard InChI is InChI=1S/C9H6Cl2O3S/c1-5-7-4-6(10)2-3-8(7)14-9(5)15(11,12)13/h2-4H,1H3. The summed E-state index contributed by atoms with van der Waals surface area (Å²) in [5.74, 6) is 0. The molecule has 0 bridgehead atoms. The first-order valence-electron chi connectivity index (χ1n) is 4.03. The molecule has 0 aliphatic rings. The molecule has 0 saturated heterocycles. The summed E-state index contributed by atoms with van der Waals surface area (Å²) >= 11 is 5.79. The minimum Gasteiger partial charge on any atom is -0.443 e. The maximum atomic E-state index is 11.1. The predicted molar refractivity (Wildman–Crippen MR) is 59.0 cm³/mol. The van der Waals surface area contributed by atoms with Gasteiger partial charge in [-0.05, 0) is 25.1 Å². The monoisotopic (exact) mass is 264 g/mol. The lowest BCUT2D eigenvalue weighted by Gasteiger charge is -1.90. The SMILES string of the molecule is Cc1c(S(=O)(=O)Cl)oc2ccc(Cl)cc12. The Labute approximate surface area is 96.0 Å². The molecule has 0 aliphatic carbocycles.